The van der Waals surface area contributed by atoms with E-state index in [4.69, 9.17) is 4.74 Å². The number of rotatable bonds is 1. The molecule has 0 spiro atoms. The third-order valence-electron chi connectivity index (χ3n) is 4.28. The van der Waals surface area contributed by atoms with Crippen LogP contribution in [0.15, 0.2) is 11.6 Å². The SMILES string of the molecule is COC(=O)C12CC=C(C)C(CCCCC1)C2=O. The van der Waals surface area contributed by atoms with E-state index in [1.807, 2.05) is 6.92 Å². The molecule has 0 N–H and O–H groups in total. The van der Waals surface area contributed by atoms with Crippen LogP contribution in [0.25, 0.3) is 0 Å². The molecule has 0 saturated heterocycles. The molecule has 2 atom stereocenters. The van der Waals surface area contributed by atoms with Crippen molar-refractivity contribution in [3.05, 3.63) is 11.6 Å². The summed E-state index contributed by atoms with van der Waals surface area (Å²) in [5.74, 6) is -0.287. The summed E-state index contributed by atoms with van der Waals surface area (Å²) in [6, 6.07) is 0. The second-order valence-electron chi connectivity index (χ2n) is 5.24. The Morgan fingerprint density at radius 3 is 2.88 bits per heavy atom. The third kappa shape index (κ3) is 1.92. The molecule has 0 aromatic rings. The molecule has 3 heteroatoms. The standard InChI is InChI=1S/C14H20O3/c1-10-7-9-14(13(16)17-2)8-5-3-4-6-11(10)12(14)15/h7,11H,3-6,8-9H2,1-2H3. The predicted octanol–water partition coefficient (Wildman–Crippen LogP) is 2.65. The van der Waals surface area contributed by atoms with Gasteiger partial charge in [0.2, 0.25) is 0 Å². The number of carbonyl (C=O) groups is 2. The van der Waals surface area contributed by atoms with Gasteiger partial charge in [0, 0.05) is 5.92 Å². The van der Waals surface area contributed by atoms with Gasteiger partial charge in [-0.05, 0) is 26.2 Å². The zero-order valence-corrected chi connectivity index (χ0v) is 10.6. The van der Waals surface area contributed by atoms with Crippen LogP contribution >= 0.6 is 0 Å². The Hall–Kier alpha value is -1.12. The van der Waals surface area contributed by atoms with Crippen LogP contribution in [0.5, 0.6) is 0 Å². The number of esters is 1. The van der Waals surface area contributed by atoms with Gasteiger partial charge in [0.1, 0.15) is 5.41 Å². The van der Waals surface area contributed by atoms with Gasteiger partial charge in [-0.2, -0.15) is 0 Å². The lowest BCUT2D eigenvalue weighted by atomic mass is 9.64. The first-order chi connectivity index (χ1) is 8.12. The van der Waals surface area contributed by atoms with E-state index in [1.54, 1.807) is 0 Å². The molecule has 1 saturated carbocycles. The van der Waals surface area contributed by atoms with Gasteiger partial charge in [-0.3, -0.25) is 9.59 Å². The van der Waals surface area contributed by atoms with Crippen molar-refractivity contribution in [3.63, 3.8) is 0 Å². The molecule has 0 amide bonds. The number of carbonyl (C=O) groups excluding carboxylic acids is 2. The summed E-state index contributed by atoms with van der Waals surface area (Å²) >= 11 is 0. The minimum atomic E-state index is -0.876. The molecule has 2 aliphatic rings. The Bertz CT molecular complexity index is 370. The Labute approximate surface area is 102 Å². The van der Waals surface area contributed by atoms with Gasteiger partial charge in [-0.1, -0.05) is 30.9 Å². The second kappa shape index (κ2) is 4.63. The van der Waals surface area contributed by atoms with Crippen LogP contribution in [0.1, 0.15) is 45.4 Å². The fraction of sp³-hybridized carbons (Fsp3) is 0.714. The number of Topliss-reactive ketones (excluding diaryl/α,β-unsaturated/α-hetero) is 1. The Kier molecular flexibility index (Phi) is 3.36. The van der Waals surface area contributed by atoms with E-state index in [0.29, 0.717) is 12.8 Å². The molecule has 1 fully saturated rings. The minimum Gasteiger partial charge on any atom is -0.468 e. The molecule has 0 radical (unpaired) electrons. The van der Waals surface area contributed by atoms with Crippen LogP contribution in [0, 0.1) is 11.3 Å². The Balaban J connectivity index is 2.40. The first-order valence-corrected chi connectivity index (χ1v) is 6.41. The number of ketones is 1. The first-order valence-electron chi connectivity index (χ1n) is 6.41. The van der Waals surface area contributed by atoms with E-state index < -0.39 is 5.41 Å². The molecule has 0 aromatic carbocycles. The average molecular weight is 236 g/mol. The van der Waals surface area contributed by atoms with Crippen LogP contribution in [-0.4, -0.2) is 18.9 Å². The number of hydrogen-bond donors (Lipinski definition) is 0. The summed E-state index contributed by atoms with van der Waals surface area (Å²) in [7, 11) is 1.38. The summed E-state index contributed by atoms with van der Waals surface area (Å²) in [6.45, 7) is 2.01. The lowest BCUT2D eigenvalue weighted by Gasteiger charge is -2.37. The van der Waals surface area contributed by atoms with Crippen molar-refractivity contribution in [2.24, 2.45) is 11.3 Å². The van der Waals surface area contributed by atoms with E-state index in [9.17, 15) is 9.59 Å². The van der Waals surface area contributed by atoms with Crippen molar-refractivity contribution in [1.82, 2.24) is 0 Å². The van der Waals surface area contributed by atoms with Gasteiger partial charge in [-0.25, -0.2) is 0 Å². The lowest BCUT2D eigenvalue weighted by molar-refractivity contribution is -0.160. The maximum absolute atomic E-state index is 12.6. The molecule has 2 aliphatic carbocycles. The van der Waals surface area contributed by atoms with E-state index >= 15 is 0 Å². The molecular formula is C14H20O3. The van der Waals surface area contributed by atoms with Crippen LogP contribution in [-0.2, 0) is 14.3 Å². The van der Waals surface area contributed by atoms with Gasteiger partial charge >= 0.3 is 5.97 Å². The van der Waals surface area contributed by atoms with Crippen molar-refractivity contribution >= 4 is 11.8 Å². The number of ether oxygens (including phenoxy) is 1. The third-order valence-corrected chi connectivity index (χ3v) is 4.28. The fourth-order valence-electron chi connectivity index (χ4n) is 3.14. The number of methoxy groups -OCH3 is 1. The number of fused-ring (bicyclic) bond motifs is 2. The van der Waals surface area contributed by atoms with Crippen LogP contribution < -0.4 is 0 Å². The van der Waals surface area contributed by atoms with E-state index in [1.165, 1.54) is 7.11 Å². The highest BCUT2D eigenvalue weighted by atomic mass is 16.5. The summed E-state index contributed by atoms with van der Waals surface area (Å²) in [6.07, 6.45) is 7.27. The zero-order chi connectivity index (χ0) is 12.5. The quantitative estimate of drug-likeness (QED) is 0.399. The van der Waals surface area contributed by atoms with Crippen molar-refractivity contribution in [2.75, 3.05) is 7.11 Å². The van der Waals surface area contributed by atoms with Gasteiger partial charge in [0.15, 0.2) is 5.78 Å². The van der Waals surface area contributed by atoms with Crippen molar-refractivity contribution in [3.8, 4) is 0 Å². The largest absolute Gasteiger partial charge is 0.468 e. The van der Waals surface area contributed by atoms with Gasteiger partial charge in [0.05, 0.1) is 7.11 Å². The van der Waals surface area contributed by atoms with Gasteiger partial charge < -0.3 is 4.74 Å². The van der Waals surface area contributed by atoms with Crippen molar-refractivity contribution < 1.29 is 14.3 Å². The summed E-state index contributed by atoms with van der Waals surface area (Å²) in [4.78, 5) is 24.6. The summed E-state index contributed by atoms with van der Waals surface area (Å²) in [5.41, 5.74) is 0.260. The highest BCUT2D eigenvalue weighted by Gasteiger charge is 2.50. The molecule has 17 heavy (non-hydrogen) atoms. The van der Waals surface area contributed by atoms with Crippen LogP contribution in [0.2, 0.25) is 0 Å². The predicted molar refractivity (Wildman–Crippen MR) is 64.4 cm³/mol. The molecule has 0 heterocycles. The van der Waals surface area contributed by atoms with E-state index in [2.05, 4.69) is 6.08 Å². The Morgan fingerprint density at radius 1 is 1.41 bits per heavy atom. The summed E-state index contributed by atoms with van der Waals surface area (Å²) < 4.78 is 4.88. The lowest BCUT2D eigenvalue weighted by Crippen LogP contribution is -2.46. The minimum absolute atomic E-state index is 0.0526. The molecular weight excluding hydrogens is 216 g/mol. The Morgan fingerprint density at radius 2 is 2.18 bits per heavy atom. The molecule has 94 valence electrons. The fourth-order valence-corrected chi connectivity index (χ4v) is 3.14. The maximum atomic E-state index is 12.6. The van der Waals surface area contributed by atoms with Gasteiger partial charge in [-0.15, -0.1) is 0 Å². The zero-order valence-electron chi connectivity index (χ0n) is 10.6. The highest BCUT2D eigenvalue weighted by Crippen LogP contribution is 2.44. The van der Waals surface area contributed by atoms with Crippen molar-refractivity contribution in [1.29, 1.82) is 0 Å². The number of allylic oxidation sites excluding steroid dienone is 2. The maximum Gasteiger partial charge on any atom is 0.319 e. The molecule has 2 unspecified atom stereocenters. The molecule has 0 aliphatic heterocycles. The first kappa shape index (κ1) is 12.3. The number of hydrogen-bond acceptors (Lipinski definition) is 3. The van der Waals surface area contributed by atoms with E-state index in [0.717, 1.165) is 31.3 Å². The summed E-state index contributed by atoms with van der Waals surface area (Å²) in [5, 5.41) is 0. The second-order valence-corrected chi connectivity index (χ2v) is 5.24. The topological polar surface area (TPSA) is 43.4 Å². The highest BCUT2D eigenvalue weighted by molar-refractivity contribution is 6.06. The molecule has 3 nitrogen and oxygen atoms in total. The average Bonchev–Trinajstić information content (AvgIpc) is 2.33. The monoisotopic (exact) mass is 236 g/mol. The van der Waals surface area contributed by atoms with E-state index in [-0.39, 0.29) is 17.7 Å². The van der Waals surface area contributed by atoms with Gasteiger partial charge in [0.25, 0.3) is 0 Å². The molecule has 0 aromatic heterocycles. The van der Waals surface area contributed by atoms with Crippen LogP contribution in [0.4, 0.5) is 0 Å². The molecule has 2 rings (SSSR count). The normalized spacial score (nSPS) is 33.4. The smallest absolute Gasteiger partial charge is 0.319 e. The van der Waals surface area contributed by atoms with Crippen LogP contribution in [0.3, 0.4) is 0 Å². The van der Waals surface area contributed by atoms with Crippen molar-refractivity contribution in [2.45, 2.75) is 45.4 Å². The molecule has 2 bridgehead atoms.